The molecule has 0 amide bonds. The first-order valence-corrected chi connectivity index (χ1v) is 5.58. The third-order valence-corrected chi connectivity index (χ3v) is 2.40. The molecule has 2 aromatic rings. The Kier molecular flexibility index (Phi) is 3.23. The Bertz CT molecular complexity index is 504. The first-order chi connectivity index (χ1) is 8.11. The molecule has 17 heavy (non-hydrogen) atoms. The van der Waals surface area contributed by atoms with Crippen molar-refractivity contribution in [3.63, 3.8) is 0 Å². The number of nitrogens with zero attached hydrogens (tertiary/aromatic N) is 3. The van der Waals surface area contributed by atoms with E-state index in [0.29, 0.717) is 23.8 Å². The fourth-order valence-corrected chi connectivity index (χ4v) is 1.59. The molecule has 1 atom stereocenters. The summed E-state index contributed by atoms with van der Waals surface area (Å²) in [5.41, 5.74) is 0.697. The van der Waals surface area contributed by atoms with Crippen LogP contribution in [0.4, 0.5) is 0 Å². The van der Waals surface area contributed by atoms with E-state index in [2.05, 4.69) is 15.1 Å². The summed E-state index contributed by atoms with van der Waals surface area (Å²) in [4.78, 5) is 8.23. The van der Waals surface area contributed by atoms with Crippen LogP contribution in [0.3, 0.4) is 0 Å². The predicted molar refractivity (Wildman–Crippen MR) is 59.1 cm³/mol. The van der Waals surface area contributed by atoms with E-state index >= 15 is 0 Å². The maximum absolute atomic E-state index is 9.72. The second-order valence-corrected chi connectivity index (χ2v) is 3.91. The van der Waals surface area contributed by atoms with Crippen molar-refractivity contribution < 1.29 is 14.0 Å². The highest BCUT2D eigenvalue weighted by Gasteiger charge is 2.20. The van der Waals surface area contributed by atoms with Gasteiger partial charge >= 0.3 is 0 Å². The lowest BCUT2D eigenvalue weighted by molar-refractivity contribution is 0.153. The molecule has 0 spiro atoms. The van der Waals surface area contributed by atoms with Crippen molar-refractivity contribution in [1.82, 2.24) is 15.1 Å². The standard InChI is InChI=1S/C11H15N3O3/c1-4-5-8(15)10-13-11(17-14-10)9-6(2)12-7(3)16-9/h8,15H,4-5H2,1-3H3. The van der Waals surface area contributed by atoms with E-state index in [1.807, 2.05) is 6.92 Å². The van der Waals surface area contributed by atoms with Crippen LogP contribution in [0.15, 0.2) is 8.94 Å². The minimum Gasteiger partial charge on any atom is -0.436 e. The molecule has 2 aromatic heterocycles. The van der Waals surface area contributed by atoms with E-state index in [-0.39, 0.29) is 11.7 Å². The van der Waals surface area contributed by atoms with E-state index in [9.17, 15) is 5.11 Å². The van der Waals surface area contributed by atoms with Crippen LogP contribution in [-0.2, 0) is 0 Å². The molecule has 2 rings (SSSR count). The van der Waals surface area contributed by atoms with Crippen molar-refractivity contribution in [2.75, 3.05) is 0 Å². The first-order valence-electron chi connectivity index (χ1n) is 5.58. The molecule has 0 radical (unpaired) electrons. The van der Waals surface area contributed by atoms with Crippen LogP contribution >= 0.6 is 0 Å². The van der Waals surface area contributed by atoms with Gasteiger partial charge < -0.3 is 14.0 Å². The Morgan fingerprint density at radius 2 is 2.06 bits per heavy atom. The number of aromatic nitrogens is 3. The number of hydrogen-bond donors (Lipinski definition) is 1. The van der Waals surface area contributed by atoms with E-state index in [1.165, 1.54) is 0 Å². The van der Waals surface area contributed by atoms with Crippen molar-refractivity contribution in [3.8, 4) is 11.7 Å². The van der Waals surface area contributed by atoms with Gasteiger partial charge in [-0.1, -0.05) is 18.5 Å². The molecule has 0 aliphatic rings. The molecule has 0 saturated carbocycles. The van der Waals surface area contributed by atoms with E-state index in [1.54, 1.807) is 13.8 Å². The van der Waals surface area contributed by atoms with Crippen LogP contribution in [0.2, 0.25) is 0 Å². The van der Waals surface area contributed by atoms with Crippen LogP contribution in [0.1, 0.15) is 43.3 Å². The molecule has 0 fully saturated rings. The summed E-state index contributed by atoms with van der Waals surface area (Å²) in [5.74, 6) is 1.56. The molecular weight excluding hydrogens is 222 g/mol. The van der Waals surface area contributed by atoms with Crippen molar-refractivity contribution in [3.05, 3.63) is 17.4 Å². The van der Waals surface area contributed by atoms with E-state index < -0.39 is 6.10 Å². The molecule has 0 aliphatic heterocycles. The summed E-state index contributed by atoms with van der Waals surface area (Å²) in [7, 11) is 0. The third kappa shape index (κ3) is 2.36. The lowest BCUT2D eigenvalue weighted by Gasteiger charge is -2.00. The van der Waals surface area contributed by atoms with Gasteiger partial charge in [0.1, 0.15) is 6.10 Å². The lowest BCUT2D eigenvalue weighted by atomic mass is 10.2. The molecule has 0 bridgehead atoms. The molecule has 92 valence electrons. The first kappa shape index (κ1) is 11.8. The second kappa shape index (κ2) is 4.67. The molecule has 0 aromatic carbocycles. The Labute approximate surface area is 98.7 Å². The zero-order chi connectivity index (χ0) is 12.4. The number of rotatable bonds is 4. The smallest absolute Gasteiger partial charge is 0.295 e. The molecule has 0 aliphatic carbocycles. The van der Waals surface area contributed by atoms with Crippen molar-refractivity contribution in [2.24, 2.45) is 0 Å². The van der Waals surface area contributed by atoms with Gasteiger partial charge in [-0.15, -0.1) is 0 Å². The highest BCUT2D eigenvalue weighted by molar-refractivity contribution is 5.47. The molecule has 1 unspecified atom stereocenters. The van der Waals surface area contributed by atoms with Gasteiger partial charge in [-0.05, 0) is 13.3 Å². The summed E-state index contributed by atoms with van der Waals surface area (Å²) < 4.78 is 10.4. The monoisotopic (exact) mass is 237 g/mol. The van der Waals surface area contributed by atoms with Gasteiger partial charge in [-0.25, -0.2) is 4.98 Å². The Morgan fingerprint density at radius 1 is 1.29 bits per heavy atom. The highest BCUT2D eigenvalue weighted by Crippen LogP contribution is 2.24. The second-order valence-electron chi connectivity index (χ2n) is 3.91. The SMILES string of the molecule is CCCC(O)c1noc(-c2oc(C)nc2C)n1. The van der Waals surface area contributed by atoms with Gasteiger partial charge in [0.15, 0.2) is 5.89 Å². The Balaban J connectivity index is 2.26. The molecular formula is C11H15N3O3. The summed E-state index contributed by atoms with van der Waals surface area (Å²) >= 11 is 0. The number of aliphatic hydroxyl groups excluding tert-OH is 1. The lowest BCUT2D eigenvalue weighted by Crippen LogP contribution is -1.98. The summed E-state index contributed by atoms with van der Waals surface area (Å²) in [6.07, 6.45) is 0.764. The minimum absolute atomic E-state index is 0.258. The van der Waals surface area contributed by atoms with Crippen LogP contribution in [-0.4, -0.2) is 20.2 Å². The van der Waals surface area contributed by atoms with E-state index in [0.717, 1.165) is 6.42 Å². The number of oxazole rings is 1. The minimum atomic E-state index is -0.693. The number of aryl methyl sites for hydroxylation is 2. The maximum atomic E-state index is 9.72. The van der Waals surface area contributed by atoms with Crippen molar-refractivity contribution >= 4 is 0 Å². The van der Waals surface area contributed by atoms with Crippen LogP contribution in [0.25, 0.3) is 11.7 Å². The van der Waals surface area contributed by atoms with Crippen molar-refractivity contribution in [1.29, 1.82) is 0 Å². The predicted octanol–water partition coefficient (Wildman–Crippen LogP) is 2.17. The molecule has 1 N–H and O–H groups in total. The molecule has 0 saturated heterocycles. The van der Waals surface area contributed by atoms with Crippen LogP contribution in [0, 0.1) is 13.8 Å². The fourth-order valence-electron chi connectivity index (χ4n) is 1.59. The van der Waals surface area contributed by atoms with Crippen molar-refractivity contribution in [2.45, 2.75) is 39.7 Å². The third-order valence-electron chi connectivity index (χ3n) is 2.40. The molecule has 6 heteroatoms. The normalized spacial score (nSPS) is 12.9. The van der Waals surface area contributed by atoms with Gasteiger partial charge in [0.25, 0.3) is 5.89 Å². The van der Waals surface area contributed by atoms with Gasteiger partial charge in [-0.3, -0.25) is 0 Å². The summed E-state index contributed by atoms with van der Waals surface area (Å²) in [5, 5.41) is 13.5. The molecule has 2 heterocycles. The summed E-state index contributed by atoms with van der Waals surface area (Å²) in [6.45, 7) is 5.53. The van der Waals surface area contributed by atoms with E-state index in [4.69, 9.17) is 8.94 Å². The Hall–Kier alpha value is -1.69. The largest absolute Gasteiger partial charge is 0.436 e. The summed E-state index contributed by atoms with van der Waals surface area (Å²) in [6, 6.07) is 0. The average molecular weight is 237 g/mol. The Morgan fingerprint density at radius 3 is 2.65 bits per heavy atom. The quantitative estimate of drug-likeness (QED) is 0.877. The van der Waals surface area contributed by atoms with Gasteiger partial charge in [0, 0.05) is 6.92 Å². The van der Waals surface area contributed by atoms with Crippen LogP contribution < -0.4 is 0 Å². The fraction of sp³-hybridized carbons (Fsp3) is 0.545. The highest BCUT2D eigenvalue weighted by atomic mass is 16.5. The topological polar surface area (TPSA) is 85.2 Å². The zero-order valence-corrected chi connectivity index (χ0v) is 10.1. The van der Waals surface area contributed by atoms with Gasteiger partial charge in [-0.2, -0.15) is 4.98 Å². The van der Waals surface area contributed by atoms with Gasteiger partial charge in [0.2, 0.25) is 11.6 Å². The average Bonchev–Trinajstić information content (AvgIpc) is 2.85. The number of aliphatic hydroxyl groups is 1. The molecule has 6 nitrogen and oxygen atoms in total. The zero-order valence-electron chi connectivity index (χ0n) is 10.1. The van der Waals surface area contributed by atoms with Crippen LogP contribution in [0.5, 0.6) is 0 Å². The number of hydrogen-bond acceptors (Lipinski definition) is 6. The van der Waals surface area contributed by atoms with Gasteiger partial charge in [0.05, 0.1) is 5.69 Å². The maximum Gasteiger partial charge on any atom is 0.295 e.